The van der Waals surface area contributed by atoms with Gasteiger partial charge in [0.15, 0.2) is 0 Å². The Bertz CT molecular complexity index is 1490. The van der Waals surface area contributed by atoms with E-state index in [2.05, 4.69) is 15.2 Å². The van der Waals surface area contributed by atoms with E-state index in [1.165, 1.54) is 35.1 Å². The minimum absolute atomic E-state index is 0.152. The molecular weight excluding hydrogens is 596 g/mol. The first-order valence-electron chi connectivity index (χ1n) is 15.0. The number of alkyl halides is 3. The van der Waals surface area contributed by atoms with Crippen LogP contribution >= 0.6 is 0 Å². The van der Waals surface area contributed by atoms with Gasteiger partial charge in [0, 0.05) is 67.5 Å². The smallest absolute Gasteiger partial charge is 0.321 e. The summed E-state index contributed by atoms with van der Waals surface area (Å²) in [4.78, 5) is 21.4. The molecule has 0 saturated carbocycles. The first-order valence-corrected chi connectivity index (χ1v) is 16.5. The van der Waals surface area contributed by atoms with Crippen LogP contribution in [0.15, 0.2) is 54.6 Å². The van der Waals surface area contributed by atoms with E-state index in [1.54, 1.807) is 9.21 Å². The van der Waals surface area contributed by atoms with Crippen LogP contribution in [0, 0.1) is 5.82 Å². The summed E-state index contributed by atoms with van der Waals surface area (Å²) < 4.78 is 71.1. The molecule has 1 aromatic heterocycles. The van der Waals surface area contributed by atoms with Crippen molar-refractivity contribution in [1.29, 1.82) is 0 Å². The molecule has 2 saturated heterocycles. The van der Waals surface area contributed by atoms with Crippen molar-refractivity contribution in [2.75, 3.05) is 36.1 Å². The van der Waals surface area contributed by atoms with E-state index >= 15 is 0 Å². The average molecular weight is 633 g/mol. The van der Waals surface area contributed by atoms with Crippen molar-refractivity contribution in [3.05, 3.63) is 77.6 Å². The number of fused-ring (bicyclic) bond motifs is 3. The molecule has 6 rings (SSSR count). The summed E-state index contributed by atoms with van der Waals surface area (Å²) in [6.45, 7) is 1.77. The second-order valence-electron chi connectivity index (χ2n) is 11.8. The van der Waals surface area contributed by atoms with Gasteiger partial charge in [0.1, 0.15) is 5.82 Å². The molecule has 3 aliphatic rings. The predicted molar refractivity (Wildman–Crippen MR) is 161 cm³/mol. The number of hydrogen-bond donors (Lipinski definition) is 1. The molecule has 4 atom stereocenters. The second-order valence-corrected chi connectivity index (χ2v) is 13.1. The Morgan fingerprint density at radius 3 is 2.36 bits per heavy atom. The molecule has 3 aliphatic heterocycles. The van der Waals surface area contributed by atoms with Crippen LogP contribution in [0.5, 0.6) is 0 Å². The molecule has 236 valence electrons. The number of carbonyl (C=O) groups excluding carboxylic acids is 1. The van der Waals surface area contributed by atoms with Crippen LogP contribution in [0.3, 0.4) is 0 Å². The molecule has 44 heavy (non-hydrogen) atoms. The number of aromatic nitrogens is 2. The number of nitrogens with one attached hydrogen (secondary N) is 1. The Morgan fingerprint density at radius 1 is 1.05 bits per heavy atom. The maximum atomic E-state index is 14.2. The van der Waals surface area contributed by atoms with Gasteiger partial charge in [-0.3, -0.25) is 9.80 Å². The molecular formula is C31H36F4N6O2S. The highest BCUT2D eigenvalue weighted by Crippen LogP contribution is 2.44. The maximum absolute atomic E-state index is 14.2. The molecule has 2 bridgehead atoms. The molecule has 0 spiro atoms. The number of halogens is 4. The summed E-state index contributed by atoms with van der Waals surface area (Å²) in [6, 6.07) is 14.6. The second kappa shape index (κ2) is 12.6. The van der Waals surface area contributed by atoms with Gasteiger partial charge in [-0.15, -0.1) is 0 Å². The van der Waals surface area contributed by atoms with Crippen molar-refractivity contribution < 1.29 is 26.6 Å². The van der Waals surface area contributed by atoms with Crippen molar-refractivity contribution in [3.63, 3.8) is 0 Å². The number of piperidine rings is 1. The topological polar surface area (TPSA) is 73.7 Å². The Morgan fingerprint density at radius 2 is 1.73 bits per heavy atom. The van der Waals surface area contributed by atoms with E-state index in [0.717, 1.165) is 25.1 Å². The number of amides is 2. The van der Waals surface area contributed by atoms with E-state index in [9.17, 15) is 26.6 Å². The van der Waals surface area contributed by atoms with Crippen LogP contribution in [0.25, 0.3) is 0 Å². The van der Waals surface area contributed by atoms with Crippen LogP contribution in [0.1, 0.15) is 55.4 Å². The van der Waals surface area contributed by atoms with Gasteiger partial charge in [0.25, 0.3) is 0 Å². The molecule has 2 fully saturated rings. The molecule has 2 unspecified atom stereocenters. The number of anilines is 2. The van der Waals surface area contributed by atoms with Gasteiger partial charge < -0.3 is 9.88 Å². The lowest BCUT2D eigenvalue weighted by Crippen LogP contribution is -2.46. The van der Waals surface area contributed by atoms with Crippen LogP contribution < -0.4 is 10.2 Å². The number of rotatable bonds is 8. The minimum Gasteiger partial charge on any atom is -0.321 e. The molecule has 4 heterocycles. The Hall–Kier alpha value is -3.29. The monoisotopic (exact) mass is 632 g/mol. The highest BCUT2D eigenvalue weighted by Gasteiger charge is 2.46. The maximum Gasteiger partial charge on any atom is 0.449 e. The molecule has 8 nitrogen and oxygen atoms in total. The zero-order chi connectivity index (χ0) is 31.0. The average Bonchev–Trinajstić information content (AvgIpc) is 3.50. The Balaban J connectivity index is 1.14. The van der Waals surface area contributed by atoms with E-state index in [0.29, 0.717) is 55.8 Å². The quantitative estimate of drug-likeness (QED) is 0.310. The van der Waals surface area contributed by atoms with Crippen LogP contribution in [0.2, 0.25) is 0 Å². The highest BCUT2D eigenvalue weighted by molar-refractivity contribution is 7.81. The summed E-state index contributed by atoms with van der Waals surface area (Å²) in [7, 11) is -1.27. The van der Waals surface area contributed by atoms with Gasteiger partial charge in [-0.2, -0.15) is 13.2 Å². The van der Waals surface area contributed by atoms with Gasteiger partial charge in [0.05, 0.1) is 23.2 Å². The fourth-order valence-electron chi connectivity index (χ4n) is 7.11. The lowest BCUT2D eigenvalue weighted by atomic mass is 9.95. The summed E-state index contributed by atoms with van der Waals surface area (Å²) in [5.74, 6) is -1.22. The SMILES string of the molecule is CS(=O)N1CCc2c(nc(C(F)(F)F)n2C2C[C@H]3CC[C@@H](C2)N3CCCN(C(=O)Nc2ccc(F)cc2)c2ccccc2)C1. The Labute approximate surface area is 256 Å². The lowest BCUT2D eigenvalue weighted by Gasteiger charge is -2.41. The minimum atomic E-state index is -4.57. The summed E-state index contributed by atoms with van der Waals surface area (Å²) in [5, 5.41) is 2.84. The third-order valence-corrected chi connectivity index (χ3v) is 10.1. The summed E-state index contributed by atoms with van der Waals surface area (Å²) >= 11 is 0. The van der Waals surface area contributed by atoms with Crippen molar-refractivity contribution in [2.45, 2.75) is 69.4 Å². The first kappa shape index (κ1) is 30.7. The van der Waals surface area contributed by atoms with Crippen molar-refractivity contribution in [3.8, 4) is 0 Å². The fourth-order valence-corrected chi connectivity index (χ4v) is 7.76. The van der Waals surface area contributed by atoms with E-state index in [1.807, 2.05) is 30.3 Å². The number of urea groups is 1. The molecule has 13 heteroatoms. The van der Waals surface area contributed by atoms with Crippen LogP contribution in [0.4, 0.5) is 33.7 Å². The number of hydrogen-bond acceptors (Lipinski definition) is 4. The normalized spacial score (nSPS) is 22.9. The highest BCUT2D eigenvalue weighted by atomic mass is 32.2. The van der Waals surface area contributed by atoms with Crippen molar-refractivity contribution >= 4 is 28.4 Å². The summed E-state index contributed by atoms with van der Waals surface area (Å²) in [6.07, 6.45) is 1.12. The molecule has 0 aliphatic carbocycles. The van der Waals surface area contributed by atoms with Gasteiger partial charge >= 0.3 is 12.2 Å². The standard InChI is InChI=1S/C31H36F4N6O2S/c1-44(43)38-17-14-28-27(20-38)37-29(31(33,34)35)41(28)26-18-24-12-13-25(19-26)39(24)15-5-16-40(23-6-3-2-4-7-23)30(42)36-22-10-8-21(32)9-11-22/h2-4,6-11,24-26H,5,12-20H2,1H3,(H,36,42)/t24-,25+,26?,44?. The van der Waals surface area contributed by atoms with E-state index in [4.69, 9.17) is 0 Å². The van der Waals surface area contributed by atoms with E-state index in [-0.39, 0.29) is 36.5 Å². The van der Waals surface area contributed by atoms with Gasteiger partial charge in [0.2, 0.25) is 5.82 Å². The third-order valence-electron chi connectivity index (χ3n) is 9.07. The fraction of sp³-hybridized carbons (Fsp3) is 0.484. The molecule has 1 N–H and O–H groups in total. The number of imidazole rings is 1. The number of benzene rings is 2. The molecule has 2 amide bonds. The predicted octanol–water partition coefficient (Wildman–Crippen LogP) is 5.99. The largest absolute Gasteiger partial charge is 0.449 e. The number of nitrogens with zero attached hydrogens (tertiary/aromatic N) is 5. The zero-order valence-corrected chi connectivity index (χ0v) is 25.3. The van der Waals surface area contributed by atoms with Gasteiger partial charge in [-0.1, -0.05) is 18.2 Å². The van der Waals surface area contributed by atoms with E-state index < -0.39 is 23.0 Å². The lowest BCUT2D eigenvalue weighted by molar-refractivity contribution is -0.148. The van der Waals surface area contributed by atoms with Gasteiger partial charge in [-0.05, 0) is 68.5 Å². The molecule has 2 aromatic carbocycles. The number of para-hydroxylation sites is 1. The Kier molecular flexibility index (Phi) is 8.80. The van der Waals surface area contributed by atoms with Crippen molar-refractivity contribution in [2.24, 2.45) is 0 Å². The molecule has 3 aromatic rings. The first-order chi connectivity index (χ1) is 21.1. The van der Waals surface area contributed by atoms with Gasteiger partial charge in [-0.25, -0.2) is 22.7 Å². The molecule has 0 radical (unpaired) electrons. The van der Waals surface area contributed by atoms with Crippen molar-refractivity contribution in [1.82, 2.24) is 18.8 Å². The third kappa shape index (κ3) is 6.40. The van der Waals surface area contributed by atoms with Crippen LogP contribution in [-0.4, -0.2) is 67.0 Å². The number of carbonyl (C=O) groups is 1. The van der Waals surface area contributed by atoms with Crippen LogP contribution in [-0.2, 0) is 30.1 Å². The zero-order valence-electron chi connectivity index (χ0n) is 24.5. The summed E-state index contributed by atoms with van der Waals surface area (Å²) in [5.41, 5.74) is 2.24.